The van der Waals surface area contributed by atoms with E-state index in [-0.39, 0.29) is 5.91 Å². The molecule has 1 saturated carbocycles. The molecule has 1 aliphatic carbocycles. The summed E-state index contributed by atoms with van der Waals surface area (Å²) in [7, 11) is 0. The number of carbonyl (C=O) groups is 1. The van der Waals surface area contributed by atoms with E-state index in [1.165, 1.54) is 31.0 Å². The molecule has 0 unspecified atom stereocenters. The van der Waals surface area contributed by atoms with Crippen molar-refractivity contribution in [2.75, 3.05) is 6.26 Å². The van der Waals surface area contributed by atoms with Gasteiger partial charge in [-0.15, -0.1) is 0 Å². The maximum Gasteiger partial charge on any atom is 0.244 e. The molecule has 0 aromatic carbocycles. The summed E-state index contributed by atoms with van der Waals surface area (Å²) in [6.07, 6.45) is 14.6. The molecule has 0 radical (unpaired) electrons. The highest BCUT2D eigenvalue weighted by molar-refractivity contribution is 7.98. The van der Waals surface area contributed by atoms with Crippen LogP contribution in [-0.2, 0) is 4.79 Å². The molecule has 1 fully saturated rings. The Morgan fingerprint density at radius 2 is 2.00 bits per heavy atom. The lowest BCUT2D eigenvalue weighted by Crippen LogP contribution is -2.34. The highest BCUT2D eigenvalue weighted by atomic mass is 32.2. The second-order valence-electron chi connectivity index (χ2n) is 4.68. The summed E-state index contributed by atoms with van der Waals surface area (Å²) in [5, 5.41) is 3.78. The van der Waals surface area contributed by atoms with Crippen LogP contribution in [-0.4, -0.2) is 28.2 Å². The fourth-order valence-electron chi connectivity index (χ4n) is 2.19. The molecular formula is C14H19N3OS. The predicted octanol–water partition coefficient (Wildman–Crippen LogP) is 2.66. The lowest BCUT2D eigenvalue weighted by molar-refractivity contribution is -0.117. The van der Waals surface area contributed by atoms with E-state index in [2.05, 4.69) is 15.3 Å². The zero-order valence-corrected chi connectivity index (χ0v) is 11.9. The summed E-state index contributed by atoms with van der Waals surface area (Å²) in [6, 6.07) is 0.348. The van der Waals surface area contributed by atoms with E-state index in [1.54, 1.807) is 24.5 Å². The van der Waals surface area contributed by atoms with Gasteiger partial charge in [0.15, 0.2) is 5.16 Å². The highest BCUT2D eigenvalue weighted by Gasteiger charge is 2.13. The molecule has 1 N–H and O–H groups in total. The number of hydrogen-bond donors (Lipinski definition) is 1. The molecule has 1 amide bonds. The van der Waals surface area contributed by atoms with Gasteiger partial charge in [0.1, 0.15) is 0 Å². The van der Waals surface area contributed by atoms with Crippen LogP contribution >= 0.6 is 11.8 Å². The third-order valence-electron chi connectivity index (χ3n) is 3.21. The molecular weight excluding hydrogens is 258 g/mol. The Hall–Kier alpha value is -1.36. The van der Waals surface area contributed by atoms with Gasteiger partial charge in [-0.3, -0.25) is 4.79 Å². The van der Waals surface area contributed by atoms with Gasteiger partial charge in [-0.05, 0) is 25.2 Å². The zero-order valence-electron chi connectivity index (χ0n) is 11.1. The second-order valence-corrected chi connectivity index (χ2v) is 5.45. The minimum atomic E-state index is -0.0270. The van der Waals surface area contributed by atoms with Gasteiger partial charge in [0.25, 0.3) is 0 Å². The summed E-state index contributed by atoms with van der Waals surface area (Å²) in [5.74, 6) is -0.0270. The topological polar surface area (TPSA) is 54.9 Å². The first-order chi connectivity index (χ1) is 9.28. The molecule has 1 aliphatic rings. The molecule has 1 heterocycles. The number of nitrogens with zero attached hydrogens (tertiary/aromatic N) is 2. The monoisotopic (exact) mass is 277 g/mol. The summed E-state index contributed by atoms with van der Waals surface area (Å²) < 4.78 is 0. The molecule has 0 atom stereocenters. The van der Waals surface area contributed by atoms with Crippen molar-refractivity contribution in [1.29, 1.82) is 0 Å². The average molecular weight is 277 g/mol. The van der Waals surface area contributed by atoms with Gasteiger partial charge in [0.05, 0.1) is 0 Å². The van der Waals surface area contributed by atoms with Crippen molar-refractivity contribution in [3.8, 4) is 0 Å². The molecule has 2 rings (SSSR count). The normalized spacial score (nSPS) is 16.7. The molecule has 1 aromatic heterocycles. The minimum Gasteiger partial charge on any atom is -0.350 e. The van der Waals surface area contributed by atoms with Crippen LogP contribution in [0.4, 0.5) is 0 Å². The second kappa shape index (κ2) is 7.28. The van der Waals surface area contributed by atoms with Crippen molar-refractivity contribution in [3.05, 3.63) is 24.0 Å². The molecule has 0 aliphatic heterocycles. The Bertz CT molecular complexity index is 439. The molecule has 19 heavy (non-hydrogen) atoms. The van der Waals surface area contributed by atoms with Gasteiger partial charge >= 0.3 is 0 Å². The fraction of sp³-hybridized carbons (Fsp3) is 0.500. The van der Waals surface area contributed by atoms with E-state index in [9.17, 15) is 4.79 Å². The van der Waals surface area contributed by atoms with Gasteiger partial charge < -0.3 is 5.32 Å². The molecule has 102 valence electrons. The van der Waals surface area contributed by atoms with Crippen molar-refractivity contribution >= 4 is 23.7 Å². The molecule has 4 nitrogen and oxygen atoms in total. The molecule has 5 heteroatoms. The Morgan fingerprint density at radius 3 is 2.63 bits per heavy atom. The molecule has 0 saturated heterocycles. The van der Waals surface area contributed by atoms with E-state index in [4.69, 9.17) is 0 Å². The van der Waals surface area contributed by atoms with Crippen molar-refractivity contribution in [3.63, 3.8) is 0 Å². The quantitative estimate of drug-likeness (QED) is 0.522. The third kappa shape index (κ3) is 4.67. The van der Waals surface area contributed by atoms with E-state index >= 15 is 0 Å². The number of amides is 1. The molecule has 0 spiro atoms. The van der Waals surface area contributed by atoms with E-state index in [0.717, 1.165) is 23.6 Å². The number of thioether (sulfide) groups is 1. The molecule has 1 aromatic rings. The van der Waals surface area contributed by atoms with Gasteiger partial charge in [-0.1, -0.05) is 31.0 Å². The minimum absolute atomic E-state index is 0.0270. The summed E-state index contributed by atoms with van der Waals surface area (Å²) in [6.45, 7) is 0. The summed E-state index contributed by atoms with van der Waals surface area (Å²) in [4.78, 5) is 20.1. The SMILES string of the molecule is CSc1ncc(/C=C/C(=O)NC2CCCCC2)cn1. The summed E-state index contributed by atoms with van der Waals surface area (Å²) in [5.41, 5.74) is 0.844. The number of carbonyl (C=O) groups excluding carboxylic acids is 1. The van der Waals surface area contributed by atoms with Crippen LogP contribution in [0.15, 0.2) is 23.6 Å². The van der Waals surface area contributed by atoms with Crippen LogP contribution in [0.3, 0.4) is 0 Å². The Morgan fingerprint density at radius 1 is 1.32 bits per heavy atom. The van der Waals surface area contributed by atoms with Crippen LogP contribution in [0.2, 0.25) is 0 Å². The Balaban J connectivity index is 1.84. The van der Waals surface area contributed by atoms with Gasteiger partial charge in [-0.25, -0.2) is 9.97 Å². The van der Waals surface area contributed by atoms with Crippen LogP contribution in [0, 0.1) is 0 Å². The smallest absolute Gasteiger partial charge is 0.244 e. The largest absolute Gasteiger partial charge is 0.350 e. The van der Waals surface area contributed by atoms with Crippen LogP contribution in [0.25, 0.3) is 6.08 Å². The Kier molecular flexibility index (Phi) is 5.39. The van der Waals surface area contributed by atoms with E-state index in [1.807, 2.05) is 6.26 Å². The maximum atomic E-state index is 11.8. The zero-order chi connectivity index (χ0) is 13.5. The van der Waals surface area contributed by atoms with Crippen LogP contribution in [0.5, 0.6) is 0 Å². The molecule has 0 bridgehead atoms. The predicted molar refractivity (Wildman–Crippen MR) is 77.9 cm³/mol. The number of hydrogen-bond acceptors (Lipinski definition) is 4. The third-order valence-corrected chi connectivity index (χ3v) is 3.79. The number of rotatable bonds is 4. The average Bonchev–Trinajstić information content (AvgIpc) is 2.47. The van der Waals surface area contributed by atoms with Crippen molar-refractivity contribution in [1.82, 2.24) is 15.3 Å². The summed E-state index contributed by atoms with van der Waals surface area (Å²) >= 11 is 1.50. The fourth-order valence-corrected chi connectivity index (χ4v) is 2.50. The van der Waals surface area contributed by atoms with Crippen LogP contribution < -0.4 is 5.32 Å². The standard InChI is InChI=1S/C14H19N3OS/c1-19-14-15-9-11(10-16-14)7-8-13(18)17-12-5-3-2-4-6-12/h7-10,12H,2-6H2,1H3,(H,17,18)/b8-7+. The first-order valence-corrected chi connectivity index (χ1v) is 7.85. The number of aromatic nitrogens is 2. The lowest BCUT2D eigenvalue weighted by atomic mass is 9.95. The van der Waals surface area contributed by atoms with Crippen molar-refractivity contribution in [2.45, 2.75) is 43.3 Å². The highest BCUT2D eigenvalue weighted by Crippen LogP contribution is 2.17. The lowest BCUT2D eigenvalue weighted by Gasteiger charge is -2.21. The van der Waals surface area contributed by atoms with E-state index in [0.29, 0.717) is 6.04 Å². The van der Waals surface area contributed by atoms with Crippen molar-refractivity contribution < 1.29 is 4.79 Å². The first-order valence-electron chi connectivity index (χ1n) is 6.62. The maximum absolute atomic E-state index is 11.8. The van der Waals surface area contributed by atoms with E-state index < -0.39 is 0 Å². The van der Waals surface area contributed by atoms with Gasteiger partial charge in [-0.2, -0.15) is 0 Å². The van der Waals surface area contributed by atoms with Gasteiger partial charge in [0.2, 0.25) is 5.91 Å². The Labute approximate surface area is 118 Å². The van der Waals surface area contributed by atoms with Gasteiger partial charge in [0, 0.05) is 30.1 Å². The first kappa shape index (κ1) is 14.1. The van der Waals surface area contributed by atoms with Crippen LogP contribution in [0.1, 0.15) is 37.7 Å². The van der Waals surface area contributed by atoms with Crippen molar-refractivity contribution in [2.24, 2.45) is 0 Å². The number of nitrogens with one attached hydrogen (secondary N) is 1.